The lowest BCUT2D eigenvalue weighted by molar-refractivity contribution is 0.556. The SMILES string of the molecule is CCCNC(c1ccc2ccccc2c1)c1nccn1C. The van der Waals surface area contributed by atoms with E-state index in [2.05, 4.69) is 64.3 Å². The van der Waals surface area contributed by atoms with Gasteiger partial charge in [-0.05, 0) is 35.4 Å². The molecule has 0 aliphatic heterocycles. The molecule has 3 nitrogen and oxygen atoms in total. The highest BCUT2D eigenvalue weighted by Crippen LogP contribution is 2.24. The third-order valence-electron chi connectivity index (χ3n) is 3.82. The first-order valence-electron chi connectivity index (χ1n) is 7.49. The van der Waals surface area contributed by atoms with Crippen LogP contribution in [0.1, 0.15) is 30.8 Å². The van der Waals surface area contributed by atoms with E-state index in [0.717, 1.165) is 18.8 Å². The van der Waals surface area contributed by atoms with E-state index in [1.165, 1.54) is 16.3 Å². The number of nitrogens with one attached hydrogen (secondary N) is 1. The lowest BCUT2D eigenvalue weighted by Crippen LogP contribution is -2.25. The molecular weight excluding hydrogens is 258 g/mol. The fraction of sp³-hybridized carbons (Fsp3) is 0.278. The van der Waals surface area contributed by atoms with Gasteiger partial charge in [-0.15, -0.1) is 0 Å². The molecule has 0 saturated heterocycles. The molecule has 0 amide bonds. The predicted molar refractivity (Wildman–Crippen MR) is 87.3 cm³/mol. The Hall–Kier alpha value is -2.13. The van der Waals surface area contributed by atoms with Crippen LogP contribution in [0.3, 0.4) is 0 Å². The van der Waals surface area contributed by atoms with E-state index in [9.17, 15) is 0 Å². The number of benzene rings is 2. The number of nitrogens with zero attached hydrogens (tertiary/aromatic N) is 2. The standard InChI is InChI=1S/C18H21N3/c1-3-10-19-17(18-20-11-12-21(18)2)16-9-8-14-6-4-5-7-15(14)13-16/h4-9,11-13,17,19H,3,10H2,1-2H3. The quantitative estimate of drug-likeness (QED) is 0.772. The Bertz CT molecular complexity index is 730. The van der Waals surface area contributed by atoms with Crippen LogP contribution < -0.4 is 5.32 Å². The molecule has 1 atom stereocenters. The van der Waals surface area contributed by atoms with Crippen molar-refractivity contribution in [2.24, 2.45) is 7.05 Å². The number of fused-ring (bicyclic) bond motifs is 1. The van der Waals surface area contributed by atoms with Crippen LogP contribution in [0.4, 0.5) is 0 Å². The van der Waals surface area contributed by atoms with Crippen molar-refractivity contribution in [1.29, 1.82) is 0 Å². The largest absolute Gasteiger partial charge is 0.336 e. The molecule has 3 rings (SSSR count). The van der Waals surface area contributed by atoms with Gasteiger partial charge >= 0.3 is 0 Å². The predicted octanol–water partition coefficient (Wildman–Crippen LogP) is 3.66. The smallest absolute Gasteiger partial charge is 0.130 e. The van der Waals surface area contributed by atoms with Gasteiger partial charge in [0.25, 0.3) is 0 Å². The van der Waals surface area contributed by atoms with Gasteiger partial charge < -0.3 is 9.88 Å². The summed E-state index contributed by atoms with van der Waals surface area (Å²) >= 11 is 0. The third kappa shape index (κ3) is 2.83. The molecule has 1 heterocycles. The van der Waals surface area contributed by atoms with Crippen molar-refractivity contribution < 1.29 is 0 Å². The maximum absolute atomic E-state index is 4.53. The molecule has 0 spiro atoms. The summed E-state index contributed by atoms with van der Waals surface area (Å²) in [7, 11) is 2.05. The maximum Gasteiger partial charge on any atom is 0.130 e. The number of aromatic nitrogens is 2. The van der Waals surface area contributed by atoms with Gasteiger partial charge in [0.15, 0.2) is 0 Å². The Morgan fingerprint density at radius 1 is 1.14 bits per heavy atom. The zero-order chi connectivity index (χ0) is 14.7. The Morgan fingerprint density at radius 2 is 1.95 bits per heavy atom. The molecule has 21 heavy (non-hydrogen) atoms. The lowest BCUT2D eigenvalue weighted by Gasteiger charge is -2.19. The molecule has 1 aromatic heterocycles. The van der Waals surface area contributed by atoms with Crippen LogP contribution in [-0.4, -0.2) is 16.1 Å². The van der Waals surface area contributed by atoms with E-state index >= 15 is 0 Å². The zero-order valence-electron chi connectivity index (χ0n) is 12.6. The van der Waals surface area contributed by atoms with Gasteiger partial charge in [-0.1, -0.05) is 43.3 Å². The summed E-state index contributed by atoms with van der Waals surface area (Å²) in [6.45, 7) is 3.16. The first kappa shape index (κ1) is 13.8. The fourth-order valence-electron chi connectivity index (χ4n) is 2.69. The average Bonchev–Trinajstić information content (AvgIpc) is 2.94. The second-order valence-corrected chi connectivity index (χ2v) is 5.39. The highest BCUT2D eigenvalue weighted by molar-refractivity contribution is 5.83. The molecule has 1 unspecified atom stereocenters. The summed E-state index contributed by atoms with van der Waals surface area (Å²) in [5.74, 6) is 1.05. The first-order valence-corrected chi connectivity index (χ1v) is 7.49. The van der Waals surface area contributed by atoms with E-state index in [0.29, 0.717) is 0 Å². The fourth-order valence-corrected chi connectivity index (χ4v) is 2.69. The van der Waals surface area contributed by atoms with Gasteiger partial charge in [0.05, 0.1) is 6.04 Å². The molecule has 0 radical (unpaired) electrons. The van der Waals surface area contributed by atoms with Crippen LogP contribution in [0.15, 0.2) is 54.9 Å². The van der Waals surface area contributed by atoms with Gasteiger partial charge in [-0.2, -0.15) is 0 Å². The highest BCUT2D eigenvalue weighted by Gasteiger charge is 2.17. The minimum atomic E-state index is 0.134. The number of rotatable bonds is 5. The van der Waals surface area contributed by atoms with Crippen LogP contribution in [0.25, 0.3) is 10.8 Å². The van der Waals surface area contributed by atoms with Crippen molar-refractivity contribution in [3.63, 3.8) is 0 Å². The van der Waals surface area contributed by atoms with Crippen LogP contribution >= 0.6 is 0 Å². The maximum atomic E-state index is 4.53. The van der Waals surface area contributed by atoms with Crippen LogP contribution in [0.2, 0.25) is 0 Å². The van der Waals surface area contributed by atoms with Crippen molar-refractivity contribution in [3.8, 4) is 0 Å². The van der Waals surface area contributed by atoms with E-state index in [1.54, 1.807) is 0 Å². The molecule has 3 heteroatoms. The van der Waals surface area contributed by atoms with Crippen LogP contribution in [-0.2, 0) is 7.05 Å². The van der Waals surface area contributed by atoms with E-state index in [1.807, 2.05) is 19.4 Å². The second-order valence-electron chi connectivity index (χ2n) is 5.39. The van der Waals surface area contributed by atoms with Crippen molar-refractivity contribution in [3.05, 3.63) is 66.2 Å². The lowest BCUT2D eigenvalue weighted by atomic mass is 10.0. The van der Waals surface area contributed by atoms with E-state index in [4.69, 9.17) is 0 Å². The molecule has 0 aliphatic carbocycles. The summed E-state index contributed by atoms with van der Waals surface area (Å²) in [6, 6.07) is 15.3. The molecule has 0 fully saturated rings. The molecule has 0 bridgehead atoms. The monoisotopic (exact) mass is 279 g/mol. The van der Waals surface area contributed by atoms with Gasteiger partial charge in [-0.3, -0.25) is 0 Å². The van der Waals surface area contributed by atoms with Crippen LogP contribution in [0, 0.1) is 0 Å². The Labute approximate surface area is 125 Å². The Kier molecular flexibility index (Phi) is 4.02. The number of hydrogen-bond acceptors (Lipinski definition) is 2. The first-order chi connectivity index (χ1) is 10.3. The van der Waals surface area contributed by atoms with Gasteiger partial charge in [0.2, 0.25) is 0 Å². The third-order valence-corrected chi connectivity index (χ3v) is 3.82. The zero-order valence-corrected chi connectivity index (χ0v) is 12.6. The molecule has 108 valence electrons. The summed E-state index contributed by atoms with van der Waals surface area (Å²) in [6.07, 6.45) is 4.96. The average molecular weight is 279 g/mol. The van der Waals surface area contributed by atoms with Crippen molar-refractivity contribution >= 4 is 10.8 Å². The molecule has 1 N–H and O–H groups in total. The minimum Gasteiger partial charge on any atom is -0.336 e. The minimum absolute atomic E-state index is 0.134. The van der Waals surface area contributed by atoms with Crippen molar-refractivity contribution in [2.45, 2.75) is 19.4 Å². The van der Waals surface area contributed by atoms with Gasteiger partial charge in [-0.25, -0.2) is 4.98 Å². The molecular formula is C18H21N3. The Morgan fingerprint density at radius 3 is 2.67 bits per heavy atom. The topological polar surface area (TPSA) is 29.9 Å². The highest BCUT2D eigenvalue weighted by atomic mass is 15.1. The molecule has 0 aliphatic rings. The second kappa shape index (κ2) is 6.10. The molecule has 0 saturated carbocycles. The molecule has 3 aromatic rings. The van der Waals surface area contributed by atoms with Crippen molar-refractivity contribution in [2.75, 3.05) is 6.54 Å². The van der Waals surface area contributed by atoms with E-state index < -0.39 is 0 Å². The summed E-state index contributed by atoms with van der Waals surface area (Å²) < 4.78 is 2.09. The summed E-state index contributed by atoms with van der Waals surface area (Å²) in [4.78, 5) is 4.53. The summed E-state index contributed by atoms with van der Waals surface area (Å²) in [5, 5.41) is 6.15. The van der Waals surface area contributed by atoms with Gasteiger partial charge in [0, 0.05) is 19.4 Å². The number of imidazole rings is 1. The van der Waals surface area contributed by atoms with Gasteiger partial charge in [0.1, 0.15) is 5.82 Å². The Balaban J connectivity index is 2.03. The number of aryl methyl sites for hydroxylation is 1. The van der Waals surface area contributed by atoms with Crippen LogP contribution in [0.5, 0.6) is 0 Å². The summed E-state index contributed by atoms with van der Waals surface area (Å²) in [5.41, 5.74) is 1.26. The number of hydrogen-bond donors (Lipinski definition) is 1. The van der Waals surface area contributed by atoms with E-state index in [-0.39, 0.29) is 6.04 Å². The molecule has 2 aromatic carbocycles. The normalized spacial score (nSPS) is 12.7. The van der Waals surface area contributed by atoms with Crippen molar-refractivity contribution in [1.82, 2.24) is 14.9 Å².